The Bertz CT molecular complexity index is 1100. The Labute approximate surface area is 317 Å². The highest BCUT2D eigenvalue weighted by Crippen LogP contribution is 2.50. The van der Waals surface area contributed by atoms with Gasteiger partial charge in [-0.25, -0.2) is 0 Å². The maximum Gasteiger partial charge on any atom is 0.303 e. The monoisotopic (exact) mass is 735 g/mol. The third-order valence-corrected chi connectivity index (χ3v) is 12.9. The molecule has 0 aromatic carbocycles. The average molecular weight is 735 g/mol. The molecule has 1 aliphatic heterocycles. The minimum absolute atomic E-state index is 0.0622. The van der Waals surface area contributed by atoms with Crippen molar-refractivity contribution >= 4 is 23.3 Å². The van der Waals surface area contributed by atoms with Gasteiger partial charge in [0.2, 0.25) is 0 Å². The van der Waals surface area contributed by atoms with Crippen LogP contribution in [-0.2, 0) is 23.9 Å². The number of unbranched alkanes of at least 4 members (excludes halogenated alkanes) is 9. The van der Waals surface area contributed by atoms with E-state index in [4.69, 9.17) is 9.84 Å². The second-order valence-electron chi connectivity index (χ2n) is 17.9. The number of carbonyl (C=O) groups excluding carboxylic acids is 3. The van der Waals surface area contributed by atoms with Gasteiger partial charge < -0.3 is 20.1 Å². The first-order valence-electron chi connectivity index (χ1n) is 21.4. The van der Waals surface area contributed by atoms with Gasteiger partial charge in [0.15, 0.2) is 5.79 Å². The fourth-order valence-corrected chi connectivity index (χ4v) is 9.01. The number of aliphatic hydroxyl groups is 2. The van der Waals surface area contributed by atoms with Crippen molar-refractivity contribution in [1.82, 2.24) is 0 Å². The Morgan fingerprint density at radius 1 is 0.731 bits per heavy atom. The van der Waals surface area contributed by atoms with E-state index in [0.29, 0.717) is 43.8 Å². The van der Waals surface area contributed by atoms with Crippen LogP contribution in [0.3, 0.4) is 0 Å². The molecule has 2 aliphatic carbocycles. The molecule has 302 valence electrons. The van der Waals surface area contributed by atoms with Crippen molar-refractivity contribution in [2.45, 2.75) is 221 Å². The second-order valence-corrected chi connectivity index (χ2v) is 17.9. The third-order valence-electron chi connectivity index (χ3n) is 12.9. The number of carbonyl (C=O) groups is 4. The van der Waals surface area contributed by atoms with Gasteiger partial charge in [-0.2, -0.15) is 0 Å². The van der Waals surface area contributed by atoms with Crippen LogP contribution in [0.4, 0.5) is 0 Å². The summed E-state index contributed by atoms with van der Waals surface area (Å²) in [5, 5.41) is 30.1. The molecule has 3 N–H and O–H groups in total. The molecule has 3 rings (SSSR count). The molecule has 3 fully saturated rings. The van der Waals surface area contributed by atoms with Crippen LogP contribution in [0.5, 0.6) is 0 Å². The lowest BCUT2D eigenvalue weighted by Gasteiger charge is -2.48. The van der Waals surface area contributed by atoms with E-state index < -0.39 is 17.9 Å². The molecule has 1 heterocycles. The fourth-order valence-electron chi connectivity index (χ4n) is 9.01. The number of aliphatic carboxylic acids is 1. The SMILES string of the molecule is CCCCC(C)(C)C(=O)CC[C@H]1[C@H](O)CC(=O)[C@@H]1CCCCCCC(=O)O.CCCCCCC[C@H]1C(=O)C[C@H]2OC(O)(C(C)(C)CCCC)CC[C@@H]21. The standard InChI is InChI=1S/C22H38O5.C22H40O3/c1-4-5-14-22(2,3)20(25)13-12-17-16(18(23)15-19(17)24)10-8-6-7-9-11-21(26)27;1-5-7-9-10-11-12-17-18-13-15-22(24,21(3,4)14-8-6-2)25-20(18)16-19(17)23/h16-17,19,24H,4-15H2,1-3H3,(H,26,27);17-18,20,24H,5-16H2,1-4H3/t16-,17-,19-;17-,18-,20-,22?/m11/s1. The van der Waals surface area contributed by atoms with Gasteiger partial charge in [0.05, 0.1) is 12.2 Å². The summed E-state index contributed by atoms with van der Waals surface area (Å²) in [6, 6.07) is 0. The van der Waals surface area contributed by atoms with Crippen molar-refractivity contribution < 1.29 is 39.2 Å². The maximum absolute atomic E-state index is 12.6. The summed E-state index contributed by atoms with van der Waals surface area (Å²) >= 11 is 0. The lowest BCUT2D eigenvalue weighted by Crippen LogP contribution is -2.53. The van der Waals surface area contributed by atoms with Crippen LogP contribution < -0.4 is 0 Å². The molecule has 0 spiro atoms. The van der Waals surface area contributed by atoms with Crippen LogP contribution >= 0.6 is 0 Å². The molecule has 52 heavy (non-hydrogen) atoms. The molecule has 0 radical (unpaired) electrons. The first-order valence-corrected chi connectivity index (χ1v) is 21.4. The van der Waals surface area contributed by atoms with Crippen LogP contribution in [-0.4, -0.2) is 56.6 Å². The number of hydrogen-bond acceptors (Lipinski definition) is 7. The molecule has 2 saturated carbocycles. The van der Waals surface area contributed by atoms with Gasteiger partial charge in [0.25, 0.3) is 0 Å². The molecule has 0 aromatic rings. The maximum atomic E-state index is 12.6. The molecule has 8 heteroatoms. The highest BCUT2D eigenvalue weighted by atomic mass is 16.6. The van der Waals surface area contributed by atoms with Gasteiger partial charge in [-0.15, -0.1) is 0 Å². The minimum Gasteiger partial charge on any atom is -0.481 e. The van der Waals surface area contributed by atoms with E-state index in [1.165, 1.54) is 25.7 Å². The Kier molecular flexibility index (Phi) is 20.3. The fraction of sp³-hybridized carbons (Fsp3) is 0.909. The number of ether oxygens (including phenoxy) is 1. The number of ketones is 3. The minimum atomic E-state index is -1.07. The number of hydrogen-bond donors (Lipinski definition) is 3. The van der Waals surface area contributed by atoms with Gasteiger partial charge in [0.1, 0.15) is 17.3 Å². The molecule has 1 unspecified atom stereocenters. The van der Waals surface area contributed by atoms with Crippen molar-refractivity contribution in [3.05, 3.63) is 0 Å². The number of carboxylic acid groups (broad SMARTS) is 1. The second kappa shape index (κ2) is 22.7. The molecule has 0 bridgehead atoms. The van der Waals surface area contributed by atoms with E-state index in [1.54, 1.807) is 0 Å². The van der Waals surface area contributed by atoms with E-state index in [2.05, 4.69) is 34.6 Å². The largest absolute Gasteiger partial charge is 0.481 e. The summed E-state index contributed by atoms with van der Waals surface area (Å²) < 4.78 is 6.24. The number of Topliss-reactive ketones (excluding diaryl/α,β-unsaturated/α-hetero) is 3. The first kappa shape index (κ1) is 46.5. The predicted octanol–water partition coefficient (Wildman–Crippen LogP) is 10.2. The zero-order valence-electron chi connectivity index (χ0n) is 34.3. The van der Waals surface area contributed by atoms with Gasteiger partial charge in [-0.1, -0.05) is 126 Å². The van der Waals surface area contributed by atoms with E-state index >= 15 is 0 Å². The van der Waals surface area contributed by atoms with Crippen molar-refractivity contribution in [2.75, 3.05) is 0 Å². The quantitative estimate of drug-likeness (QED) is 0.0833. The van der Waals surface area contributed by atoms with Crippen LogP contribution in [0.2, 0.25) is 0 Å². The van der Waals surface area contributed by atoms with Crippen LogP contribution in [0.25, 0.3) is 0 Å². The summed E-state index contributed by atoms with van der Waals surface area (Å²) in [7, 11) is 0. The van der Waals surface area contributed by atoms with E-state index in [1.807, 2.05) is 13.8 Å². The lowest BCUT2D eigenvalue weighted by atomic mass is 9.72. The zero-order chi connectivity index (χ0) is 39.0. The molecule has 1 saturated heterocycles. The molecule has 3 aliphatic rings. The Hall–Kier alpha value is -1.64. The number of carboxylic acids is 1. The van der Waals surface area contributed by atoms with Crippen LogP contribution in [0.1, 0.15) is 203 Å². The number of aliphatic hydroxyl groups excluding tert-OH is 1. The lowest BCUT2D eigenvalue weighted by molar-refractivity contribution is -0.316. The Morgan fingerprint density at radius 3 is 1.90 bits per heavy atom. The molecule has 0 aromatic heterocycles. The molecule has 7 atom stereocenters. The predicted molar refractivity (Wildman–Crippen MR) is 208 cm³/mol. The van der Waals surface area contributed by atoms with E-state index in [0.717, 1.165) is 83.5 Å². The van der Waals surface area contributed by atoms with E-state index in [9.17, 15) is 29.4 Å². The third kappa shape index (κ3) is 14.2. The van der Waals surface area contributed by atoms with Gasteiger partial charge in [-0.05, 0) is 56.8 Å². The number of rotatable bonds is 24. The van der Waals surface area contributed by atoms with Crippen molar-refractivity contribution in [2.24, 2.45) is 34.5 Å². The zero-order valence-corrected chi connectivity index (χ0v) is 34.3. The molecule has 0 amide bonds. The van der Waals surface area contributed by atoms with Crippen LogP contribution in [0, 0.1) is 34.5 Å². The van der Waals surface area contributed by atoms with Crippen molar-refractivity contribution in [3.8, 4) is 0 Å². The summed E-state index contributed by atoms with van der Waals surface area (Å²) in [6.45, 7) is 14.8. The van der Waals surface area contributed by atoms with Gasteiger partial charge in [0, 0.05) is 54.8 Å². The Balaban J connectivity index is 0.000000361. The summed E-state index contributed by atoms with van der Waals surface area (Å²) in [4.78, 5) is 47.9. The topological polar surface area (TPSA) is 138 Å². The van der Waals surface area contributed by atoms with E-state index in [-0.39, 0.29) is 59.1 Å². The van der Waals surface area contributed by atoms with Crippen LogP contribution in [0.15, 0.2) is 0 Å². The smallest absolute Gasteiger partial charge is 0.303 e. The summed E-state index contributed by atoms with van der Waals surface area (Å²) in [6.07, 6.45) is 20.3. The summed E-state index contributed by atoms with van der Waals surface area (Å²) in [5.41, 5.74) is -0.585. The first-order chi connectivity index (χ1) is 24.5. The number of fused-ring (bicyclic) bond motifs is 1. The van der Waals surface area contributed by atoms with Crippen molar-refractivity contribution in [1.29, 1.82) is 0 Å². The van der Waals surface area contributed by atoms with Gasteiger partial charge in [-0.3, -0.25) is 19.2 Å². The summed E-state index contributed by atoms with van der Waals surface area (Å²) in [5.74, 6) is -0.855. The average Bonchev–Trinajstić information content (AvgIpc) is 3.54. The molecular formula is C44H78O8. The highest BCUT2D eigenvalue weighted by Gasteiger charge is 2.54. The normalized spacial score (nSPS) is 27.7. The highest BCUT2D eigenvalue weighted by molar-refractivity contribution is 5.86. The molecular weight excluding hydrogens is 656 g/mol. The molecule has 8 nitrogen and oxygen atoms in total. The van der Waals surface area contributed by atoms with Gasteiger partial charge >= 0.3 is 5.97 Å². The Morgan fingerprint density at radius 2 is 1.29 bits per heavy atom. The van der Waals surface area contributed by atoms with Crippen molar-refractivity contribution in [3.63, 3.8) is 0 Å².